The van der Waals surface area contributed by atoms with Crippen molar-refractivity contribution in [3.63, 3.8) is 0 Å². The molecule has 0 saturated carbocycles. The molecule has 2 heteroatoms. The van der Waals surface area contributed by atoms with Crippen LogP contribution in [0.15, 0.2) is 42.5 Å². The quantitative estimate of drug-likeness (QED) is 0.874. The number of likely N-dealkylation sites (N-methyl/N-ethyl adjacent to an activating group) is 1. The van der Waals surface area contributed by atoms with Gasteiger partial charge in [0.2, 0.25) is 0 Å². The predicted molar refractivity (Wildman–Crippen MR) is 77.8 cm³/mol. The third kappa shape index (κ3) is 3.21. The third-order valence-electron chi connectivity index (χ3n) is 3.49. The molecule has 2 aromatic rings. The summed E-state index contributed by atoms with van der Waals surface area (Å²) in [7, 11) is 1.95. The molecule has 0 bridgehead atoms. The van der Waals surface area contributed by atoms with Crippen molar-refractivity contribution in [3.05, 3.63) is 70.5 Å². The Morgan fingerprint density at radius 2 is 1.63 bits per heavy atom. The molecule has 0 radical (unpaired) electrons. The van der Waals surface area contributed by atoms with Crippen LogP contribution in [0.1, 0.15) is 28.3 Å². The van der Waals surface area contributed by atoms with Crippen molar-refractivity contribution >= 4 is 0 Å². The van der Waals surface area contributed by atoms with Crippen LogP contribution in [-0.2, 0) is 6.42 Å². The summed E-state index contributed by atoms with van der Waals surface area (Å²) >= 11 is 0. The van der Waals surface area contributed by atoms with Crippen LogP contribution in [0.25, 0.3) is 0 Å². The van der Waals surface area contributed by atoms with Crippen LogP contribution in [0, 0.1) is 19.7 Å². The van der Waals surface area contributed by atoms with Gasteiger partial charge in [0, 0.05) is 6.04 Å². The lowest BCUT2D eigenvalue weighted by molar-refractivity contribution is 0.579. The number of rotatable bonds is 4. The fourth-order valence-electron chi connectivity index (χ4n) is 2.42. The van der Waals surface area contributed by atoms with E-state index in [4.69, 9.17) is 0 Å². The molecule has 0 fully saturated rings. The molecular weight excluding hydrogens is 237 g/mol. The predicted octanol–water partition coefficient (Wildman–Crippen LogP) is 3.95. The molecule has 0 aromatic heterocycles. The molecule has 2 aromatic carbocycles. The van der Waals surface area contributed by atoms with E-state index in [9.17, 15) is 4.39 Å². The first-order valence-corrected chi connectivity index (χ1v) is 6.59. The van der Waals surface area contributed by atoms with Crippen molar-refractivity contribution in [1.82, 2.24) is 5.32 Å². The van der Waals surface area contributed by atoms with Crippen molar-refractivity contribution in [1.29, 1.82) is 0 Å². The summed E-state index contributed by atoms with van der Waals surface area (Å²) in [6, 6.07) is 14.4. The number of halogens is 1. The largest absolute Gasteiger partial charge is 0.313 e. The van der Waals surface area contributed by atoms with Gasteiger partial charge in [-0.2, -0.15) is 0 Å². The molecule has 100 valence electrons. The Bertz CT molecular complexity index is 525. The average Bonchev–Trinajstić information content (AvgIpc) is 2.42. The van der Waals surface area contributed by atoms with Crippen LogP contribution in [0.3, 0.4) is 0 Å². The highest BCUT2D eigenvalue weighted by Gasteiger charge is 2.13. The van der Waals surface area contributed by atoms with Gasteiger partial charge in [-0.25, -0.2) is 4.39 Å². The fourth-order valence-corrected chi connectivity index (χ4v) is 2.42. The van der Waals surface area contributed by atoms with Crippen molar-refractivity contribution in [2.75, 3.05) is 7.05 Å². The minimum absolute atomic E-state index is 0.0988. The molecule has 2 rings (SSSR count). The second-order valence-electron chi connectivity index (χ2n) is 5.00. The van der Waals surface area contributed by atoms with E-state index in [1.165, 1.54) is 5.56 Å². The minimum Gasteiger partial charge on any atom is -0.313 e. The van der Waals surface area contributed by atoms with Gasteiger partial charge >= 0.3 is 0 Å². The van der Waals surface area contributed by atoms with E-state index in [-0.39, 0.29) is 11.9 Å². The maximum Gasteiger partial charge on any atom is 0.129 e. The monoisotopic (exact) mass is 257 g/mol. The number of benzene rings is 2. The zero-order chi connectivity index (χ0) is 13.8. The van der Waals surface area contributed by atoms with Crippen LogP contribution < -0.4 is 5.32 Å². The maximum absolute atomic E-state index is 13.7. The lowest BCUT2D eigenvalue weighted by Gasteiger charge is -2.18. The highest BCUT2D eigenvalue weighted by molar-refractivity contribution is 5.33. The molecule has 0 spiro atoms. The molecule has 1 unspecified atom stereocenters. The lowest BCUT2D eigenvalue weighted by atomic mass is 9.96. The maximum atomic E-state index is 13.7. The van der Waals surface area contributed by atoms with Crippen molar-refractivity contribution in [2.24, 2.45) is 0 Å². The van der Waals surface area contributed by atoms with Gasteiger partial charge in [-0.3, -0.25) is 0 Å². The minimum atomic E-state index is -0.0988. The molecule has 1 atom stereocenters. The highest BCUT2D eigenvalue weighted by atomic mass is 19.1. The Labute approximate surface area is 114 Å². The van der Waals surface area contributed by atoms with E-state index >= 15 is 0 Å². The Morgan fingerprint density at radius 3 is 2.16 bits per heavy atom. The molecule has 1 N–H and O–H groups in total. The summed E-state index contributed by atoms with van der Waals surface area (Å²) in [5, 5.41) is 3.32. The SMILES string of the molecule is CNC(Cc1ccccc1)c1cc(C)c(F)c(C)c1. The zero-order valence-corrected chi connectivity index (χ0v) is 11.7. The molecule has 0 saturated heterocycles. The van der Waals surface area contributed by atoms with E-state index in [2.05, 4.69) is 17.4 Å². The van der Waals surface area contributed by atoms with Gasteiger partial charge in [0.15, 0.2) is 0 Å². The zero-order valence-electron chi connectivity index (χ0n) is 11.7. The van der Waals surface area contributed by atoms with E-state index in [1.54, 1.807) is 0 Å². The Hall–Kier alpha value is -1.67. The molecule has 0 aliphatic heterocycles. The number of aryl methyl sites for hydroxylation is 2. The highest BCUT2D eigenvalue weighted by Crippen LogP contribution is 2.23. The Balaban J connectivity index is 2.27. The summed E-state index contributed by atoms with van der Waals surface area (Å²) < 4.78 is 13.7. The Morgan fingerprint density at radius 1 is 1.05 bits per heavy atom. The van der Waals surface area contributed by atoms with Crippen molar-refractivity contribution in [2.45, 2.75) is 26.3 Å². The van der Waals surface area contributed by atoms with Crippen LogP contribution in [0.4, 0.5) is 4.39 Å². The van der Waals surface area contributed by atoms with Crippen LogP contribution in [0.2, 0.25) is 0 Å². The summed E-state index contributed by atoms with van der Waals surface area (Å²) in [6.45, 7) is 3.64. The first kappa shape index (κ1) is 13.8. The number of hydrogen-bond donors (Lipinski definition) is 1. The fraction of sp³-hybridized carbons (Fsp3) is 0.294. The van der Waals surface area contributed by atoms with Gasteiger partial charge in [0.25, 0.3) is 0 Å². The molecule has 1 nitrogen and oxygen atoms in total. The second kappa shape index (κ2) is 5.98. The van der Waals surface area contributed by atoms with Crippen LogP contribution in [-0.4, -0.2) is 7.05 Å². The molecular formula is C17H20FN. The standard InChI is InChI=1S/C17H20FN/c1-12-9-15(10-13(2)17(12)18)16(19-3)11-14-7-5-4-6-8-14/h4-10,16,19H,11H2,1-3H3. The number of nitrogens with one attached hydrogen (secondary N) is 1. The summed E-state index contributed by atoms with van der Waals surface area (Å²) in [5.41, 5.74) is 3.84. The summed E-state index contributed by atoms with van der Waals surface area (Å²) in [6.07, 6.45) is 0.905. The average molecular weight is 257 g/mol. The summed E-state index contributed by atoms with van der Waals surface area (Å²) in [4.78, 5) is 0. The molecule has 0 aliphatic carbocycles. The first-order chi connectivity index (χ1) is 9.11. The van der Waals surface area contributed by atoms with E-state index < -0.39 is 0 Å². The van der Waals surface area contributed by atoms with E-state index in [0.717, 1.165) is 12.0 Å². The topological polar surface area (TPSA) is 12.0 Å². The molecule has 0 heterocycles. The van der Waals surface area contributed by atoms with Crippen LogP contribution in [0.5, 0.6) is 0 Å². The third-order valence-corrected chi connectivity index (χ3v) is 3.49. The van der Waals surface area contributed by atoms with Gasteiger partial charge in [0.1, 0.15) is 5.82 Å². The smallest absolute Gasteiger partial charge is 0.129 e. The van der Waals surface area contributed by atoms with Gasteiger partial charge in [0.05, 0.1) is 0 Å². The Kier molecular flexibility index (Phi) is 4.33. The van der Waals surface area contributed by atoms with E-state index in [0.29, 0.717) is 11.1 Å². The lowest BCUT2D eigenvalue weighted by Crippen LogP contribution is -2.19. The van der Waals surface area contributed by atoms with Gasteiger partial charge in [-0.1, -0.05) is 42.5 Å². The van der Waals surface area contributed by atoms with Crippen molar-refractivity contribution in [3.8, 4) is 0 Å². The second-order valence-corrected chi connectivity index (χ2v) is 5.00. The molecule has 0 aliphatic rings. The first-order valence-electron chi connectivity index (χ1n) is 6.59. The van der Waals surface area contributed by atoms with Gasteiger partial charge in [-0.05, 0) is 49.6 Å². The number of hydrogen-bond acceptors (Lipinski definition) is 1. The van der Waals surface area contributed by atoms with E-state index in [1.807, 2.05) is 51.2 Å². The van der Waals surface area contributed by atoms with Gasteiger partial charge in [-0.15, -0.1) is 0 Å². The summed E-state index contributed by atoms with van der Waals surface area (Å²) in [5.74, 6) is -0.0988. The van der Waals surface area contributed by atoms with Crippen LogP contribution >= 0.6 is 0 Å². The van der Waals surface area contributed by atoms with Gasteiger partial charge < -0.3 is 5.32 Å². The molecule has 19 heavy (non-hydrogen) atoms. The molecule has 0 amide bonds. The normalized spacial score (nSPS) is 12.4. The van der Waals surface area contributed by atoms with Crippen molar-refractivity contribution < 1.29 is 4.39 Å².